The molecule has 1 aromatic carbocycles. The second-order valence-electron chi connectivity index (χ2n) is 9.06. The first-order valence-electron chi connectivity index (χ1n) is 10.2. The van der Waals surface area contributed by atoms with E-state index in [1.807, 2.05) is 12.1 Å². The van der Waals surface area contributed by atoms with Gasteiger partial charge in [0.2, 0.25) is 0 Å². The van der Waals surface area contributed by atoms with Crippen LogP contribution in [0.25, 0.3) is 0 Å². The van der Waals surface area contributed by atoms with E-state index in [-0.39, 0.29) is 10.8 Å². The average Bonchev–Trinajstić information content (AvgIpc) is 2.56. The van der Waals surface area contributed by atoms with Crippen molar-refractivity contribution in [3.63, 3.8) is 0 Å². The van der Waals surface area contributed by atoms with Crippen molar-refractivity contribution in [1.82, 2.24) is 0 Å². The van der Waals surface area contributed by atoms with Crippen LogP contribution < -0.4 is 5.73 Å². The molecule has 0 amide bonds. The van der Waals surface area contributed by atoms with E-state index in [9.17, 15) is 9.67 Å². The lowest BCUT2D eigenvalue weighted by Gasteiger charge is -2.27. The maximum atomic E-state index is 10.9. The Balaban J connectivity index is 0.000000546. The summed E-state index contributed by atoms with van der Waals surface area (Å²) in [5, 5.41) is 10.3. The molecule has 6 heteroatoms. The SMILES string of the molecule is CC(C)(C)c1cc(N)cc(C(C)(C)C)c1O.CCCCO[P+](=O)OCCCC. The third kappa shape index (κ3) is 10.4. The molecule has 0 atom stereocenters. The summed E-state index contributed by atoms with van der Waals surface area (Å²) >= 11 is 0. The first kappa shape index (κ1) is 26.8. The summed E-state index contributed by atoms with van der Waals surface area (Å²) in [7, 11) is -1.85. The van der Waals surface area contributed by atoms with Crippen LogP contribution in [0.15, 0.2) is 12.1 Å². The number of benzene rings is 1. The second-order valence-corrected chi connectivity index (χ2v) is 10.0. The average molecular weight is 415 g/mol. The maximum absolute atomic E-state index is 10.9. The van der Waals surface area contributed by atoms with Gasteiger partial charge in [0, 0.05) is 21.4 Å². The molecule has 0 saturated heterocycles. The summed E-state index contributed by atoms with van der Waals surface area (Å²) in [6.45, 7) is 17.7. The molecule has 1 rings (SSSR count). The Morgan fingerprint density at radius 1 is 0.893 bits per heavy atom. The number of nitrogens with two attached hydrogens (primary N) is 1. The predicted octanol–water partition coefficient (Wildman–Crippen LogP) is 6.85. The molecule has 5 nitrogen and oxygen atoms in total. The number of phenolic OH excluding ortho intramolecular Hbond substituents is 1. The number of hydrogen-bond acceptors (Lipinski definition) is 5. The minimum Gasteiger partial charge on any atom is -0.507 e. The molecule has 3 N–H and O–H groups in total. The van der Waals surface area contributed by atoms with Crippen LogP contribution in [0.2, 0.25) is 0 Å². The zero-order valence-electron chi connectivity index (χ0n) is 19.1. The number of phenols is 1. The van der Waals surface area contributed by atoms with Crippen LogP contribution >= 0.6 is 8.25 Å². The Bertz CT molecular complexity index is 557. The van der Waals surface area contributed by atoms with Gasteiger partial charge in [-0.15, -0.1) is 9.05 Å². The summed E-state index contributed by atoms with van der Waals surface area (Å²) in [5.41, 5.74) is 8.26. The highest BCUT2D eigenvalue weighted by Crippen LogP contribution is 2.40. The quantitative estimate of drug-likeness (QED) is 0.210. The van der Waals surface area contributed by atoms with Crippen LogP contribution in [0.4, 0.5) is 5.69 Å². The van der Waals surface area contributed by atoms with Crippen LogP contribution in [-0.4, -0.2) is 18.3 Å². The molecule has 0 bridgehead atoms. The van der Waals surface area contributed by atoms with Gasteiger partial charge in [0.05, 0.1) is 0 Å². The van der Waals surface area contributed by atoms with Gasteiger partial charge in [0.1, 0.15) is 19.0 Å². The third-order valence-corrected chi connectivity index (χ3v) is 4.92. The highest BCUT2D eigenvalue weighted by atomic mass is 31.1. The molecule has 0 aromatic heterocycles. The van der Waals surface area contributed by atoms with E-state index in [2.05, 4.69) is 55.4 Å². The first-order chi connectivity index (χ1) is 12.8. The van der Waals surface area contributed by atoms with Gasteiger partial charge in [0.25, 0.3) is 0 Å². The van der Waals surface area contributed by atoms with E-state index < -0.39 is 8.25 Å². The van der Waals surface area contributed by atoms with E-state index in [1.165, 1.54) is 0 Å². The molecule has 0 aliphatic heterocycles. The van der Waals surface area contributed by atoms with Gasteiger partial charge >= 0.3 is 8.25 Å². The second kappa shape index (κ2) is 12.4. The third-order valence-electron chi connectivity index (χ3n) is 4.14. The Morgan fingerprint density at radius 2 is 1.25 bits per heavy atom. The molecule has 28 heavy (non-hydrogen) atoms. The summed E-state index contributed by atoms with van der Waals surface area (Å²) in [6, 6.07) is 3.73. The van der Waals surface area contributed by atoms with Crippen molar-refractivity contribution in [2.24, 2.45) is 0 Å². The van der Waals surface area contributed by atoms with Crippen molar-refractivity contribution in [2.45, 2.75) is 91.9 Å². The van der Waals surface area contributed by atoms with Crippen LogP contribution in [0, 0.1) is 0 Å². The van der Waals surface area contributed by atoms with Crippen molar-refractivity contribution in [3.05, 3.63) is 23.3 Å². The molecule has 0 saturated carbocycles. The standard InChI is InChI=1S/C14H23NO.C8H18O3P/c1-13(2,3)10-7-9(15)8-11(12(10)16)14(4,5)6;1-3-5-7-10-12(9)11-8-6-4-2/h7-8,16H,15H2,1-6H3;3-8H2,1-2H3/q;+1. The lowest BCUT2D eigenvalue weighted by atomic mass is 9.79. The summed E-state index contributed by atoms with van der Waals surface area (Å²) in [6.07, 6.45) is 3.99. The summed E-state index contributed by atoms with van der Waals surface area (Å²) in [4.78, 5) is 0. The van der Waals surface area contributed by atoms with Crippen LogP contribution in [-0.2, 0) is 24.4 Å². The highest BCUT2D eigenvalue weighted by molar-refractivity contribution is 7.33. The number of rotatable bonds is 8. The zero-order chi connectivity index (χ0) is 22.0. The van der Waals surface area contributed by atoms with Gasteiger partial charge in [-0.05, 0) is 35.8 Å². The molecular weight excluding hydrogens is 373 g/mol. The monoisotopic (exact) mass is 414 g/mol. The number of hydrogen-bond donors (Lipinski definition) is 2. The smallest absolute Gasteiger partial charge is 0.507 e. The highest BCUT2D eigenvalue weighted by Gasteiger charge is 2.26. The van der Waals surface area contributed by atoms with Gasteiger partial charge < -0.3 is 10.8 Å². The molecule has 0 heterocycles. The fraction of sp³-hybridized carbons (Fsp3) is 0.727. The summed E-state index contributed by atoms with van der Waals surface area (Å²) < 4.78 is 20.7. The zero-order valence-corrected chi connectivity index (χ0v) is 20.0. The largest absolute Gasteiger partial charge is 0.697 e. The fourth-order valence-electron chi connectivity index (χ4n) is 2.40. The summed E-state index contributed by atoms with van der Waals surface area (Å²) in [5.74, 6) is 0.384. The van der Waals surface area contributed by atoms with Crippen molar-refractivity contribution in [3.8, 4) is 5.75 Å². The van der Waals surface area contributed by atoms with E-state index in [4.69, 9.17) is 14.8 Å². The topological polar surface area (TPSA) is 81.8 Å². The van der Waals surface area contributed by atoms with Crippen LogP contribution in [0.5, 0.6) is 5.75 Å². The van der Waals surface area contributed by atoms with Crippen molar-refractivity contribution in [1.29, 1.82) is 0 Å². The fourth-order valence-corrected chi connectivity index (χ4v) is 3.04. The number of anilines is 1. The van der Waals surface area contributed by atoms with E-state index in [1.54, 1.807) is 0 Å². The molecule has 0 aliphatic rings. The van der Waals surface area contributed by atoms with Crippen molar-refractivity contribution in [2.75, 3.05) is 18.9 Å². The lowest BCUT2D eigenvalue weighted by Crippen LogP contribution is -2.17. The lowest BCUT2D eigenvalue weighted by molar-refractivity contribution is 0.221. The molecule has 0 fully saturated rings. The maximum Gasteiger partial charge on any atom is 0.697 e. The Kier molecular flexibility index (Phi) is 11.9. The molecule has 0 unspecified atom stereocenters. The number of aromatic hydroxyl groups is 1. The molecule has 0 aliphatic carbocycles. The van der Waals surface area contributed by atoms with Crippen LogP contribution in [0.1, 0.15) is 92.2 Å². The Labute approximate surface area is 173 Å². The van der Waals surface area contributed by atoms with Gasteiger partial charge in [-0.2, -0.15) is 0 Å². The van der Waals surface area contributed by atoms with Gasteiger partial charge in [-0.3, -0.25) is 0 Å². The molecular formula is C22H41NO4P+. The van der Waals surface area contributed by atoms with Crippen molar-refractivity contribution >= 4 is 13.9 Å². The minimum absolute atomic E-state index is 0.0978. The number of unbranched alkanes of at least 4 members (excludes halogenated alkanes) is 2. The van der Waals surface area contributed by atoms with E-state index >= 15 is 0 Å². The Morgan fingerprint density at radius 3 is 1.54 bits per heavy atom. The minimum atomic E-state index is -1.85. The molecule has 0 radical (unpaired) electrons. The van der Waals surface area contributed by atoms with E-state index in [0.29, 0.717) is 24.7 Å². The van der Waals surface area contributed by atoms with Gasteiger partial charge in [-0.25, -0.2) is 0 Å². The predicted molar refractivity (Wildman–Crippen MR) is 119 cm³/mol. The molecule has 162 valence electrons. The first-order valence-corrected chi connectivity index (χ1v) is 11.3. The molecule has 0 spiro atoms. The van der Waals surface area contributed by atoms with Gasteiger partial charge in [0.15, 0.2) is 0 Å². The normalized spacial score (nSPS) is 11.7. The molecule has 1 aromatic rings. The number of nitrogen functional groups attached to an aromatic ring is 1. The van der Waals surface area contributed by atoms with Crippen LogP contribution in [0.3, 0.4) is 0 Å². The van der Waals surface area contributed by atoms with E-state index in [0.717, 1.165) is 36.8 Å². The van der Waals surface area contributed by atoms with Gasteiger partial charge in [-0.1, -0.05) is 68.2 Å². The Hall–Kier alpha value is -1.16. The van der Waals surface area contributed by atoms with Crippen molar-refractivity contribution < 1.29 is 18.7 Å².